The van der Waals surface area contributed by atoms with E-state index in [9.17, 15) is 18.0 Å². The Bertz CT molecular complexity index is 810. The fourth-order valence-electron chi connectivity index (χ4n) is 2.23. The number of amides is 1. The molecular weight excluding hydrogens is 455 g/mol. The van der Waals surface area contributed by atoms with E-state index in [0.717, 1.165) is 6.08 Å². The Kier molecular flexibility index (Phi) is 24.6. The number of hydrogen-bond acceptors (Lipinski definition) is 4. The number of carbonyl (C=O) groups excluding carboxylic acids is 1. The van der Waals surface area contributed by atoms with Crippen LogP contribution in [-0.2, 0) is 4.74 Å². The Balaban J connectivity index is -0.00000158. The molecule has 0 atom stereocenters. The summed E-state index contributed by atoms with van der Waals surface area (Å²) in [6.45, 7) is 11.5. The van der Waals surface area contributed by atoms with Crippen molar-refractivity contribution in [3.05, 3.63) is 65.5 Å². The lowest BCUT2D eigenvalue weighted by Crippen LogP contribution is -2.31. The van der Waals surface area contributed by atoms with Crippen LogP contribution in [0.15, 0.2) is 64.8 Å². The largest absolute Gasteiger partial charge is 0.483 e. The third-order valence-corrected chi connectivity index (χ3v) is 3.67. The lowest BCUT2D eigenvalue weighted by molar-refractivity contribution is -0.0885. The zero-order valence-electron chi connectivity index (χ0n) is 21.9. The van der Waals surface area contributed by atoms with Gasteiger partial charge in [0.2, 0.25) is 5.90 Å². The summed E-state index contributed by atoms with van der Waals surface area (Å²) in [5.41, 5.74) is -0.0869. The maximum Gasteiger partial charge on any atom is 0.416 e. The van der Waals surface area contributed by atoms with Crippen LogP contribution >= 0.6 is 0 Å². The fraction of sp³-hybridized carbons (Fsp3) is 0.444. The predicted octanol–water partition coefficient (Wildman–Crippen LogP) is 6.95. The van der Waals surface area contributed by atoms with E-state index in [1.54, 1.807) is 37.3 Å². The number of hydrogen-bond donors (Lipinski definition) is 1. The van der Waals surface area contributed by atoms with Gasteiger partial charge in [0.25, 0.3) is 5.91 Å². The highest BCUT2D eigenvalue weighted by Gasteiger charge is 2.31. The first-order valence-corrected chi connectivity index (χ1v) is 11.5. The van der Waals surface area contributed by atoms with E-state index in [2.05, 4.69) is 28.1 Å². The molecule has 0 unspecified atom stereocenters. The number of carbonyl (C=O) groups is 1. The molecule has 1 rings (SSSR count). The summed E-state index contributed by atoms with van der Waals surface area (Å²) in [5.74, 6) is -0.211. The monoisotopic (exact) mass is 495 g/mol. The lowest BCUT2D eigenvalue weighted by atomic mass is 10.1. The Labute approximate surface area is 209 Å². The van der Waals surface area contributed by atoms with E-state index < -0.39 is 17.7 Å². The number of unbranched alkanes of at least 4 members (excludes halogenated alkanes) is 1. The number of terminal acetylenes is 1. The second-order valence-electron chi connectivity index (χ2n) is 5.98. The van der Waals surface area contributed by atoms with Crippen molar-refractivity contribution in [2.75, 3.05) is 20.2 Å². The fourth-order valence-corrected chi connectivity index (χ4v) is 2.23. The molecule has 1 N–H and O–H groups in total. The van der Waals surface area contributed by atoms with Gasteiger partial charge in [0, 0.05) is 6.20 Å². The van der Waals surface area contributed by atoms with Gasteiger partial charge in [-0.3, -0.25) is 9.78 Å². The molecule has 5 nitrogen and oxygen atoms in total. The van der Waals surface area contributed by atoms with Gasteiger partial charge in [-0.2, -0.15) is 13.2 Å². The van der Waals surface area contributed by atoms with Crippen LogP contribution in [0.2, 0.25) is 0 Å². The number of ether oxygens (including phenoxy) is 1. The third kappa shape index (κ3) is 17.8. The number of nitrogens with zero attached hydrogens (tertiary/aromatic N) is 2. The SMILES string of the molecule is C#C.CC.CC.C\C=C/C(=C\C(=C/CCC)C(F)(F)F)CN=C(CNC(=O)c1ccccn1)OC. The average Bonchev–Trinajstić information content (AvgIpc) is 2.89. The molecule has 0 radical (unpaired) electrons. The van der Waals surface area contributed by atoms with E-state index in [4.69, 9.17) is 4.74 Å². The summed E-state index contributed by atoms with van der Waals surface area (Å²) in [4.78, 5) is 20.1. The van der Waals surface area contributed by atoms with E-state index in [1.165, 1.54) is 19.4 Å². The normalized spacial score (nSPS) is 11.7. The molecule has 0 saturated heterocycles. The minimum atomic E-state index is -4.44. The number of aromatic nitrogens is 1. The minimum Gasteiger partial charge on any atom is -0.483 e. The van der Waals surface area contributed by atoms with Crippen molar-refractivity contribution in [3.8, 4) is 12.8 Å². The zero-order valence-corrected chi connectivity index (χ0v) is 21.9. The molecule has 196 valence electrons. The number of methoxy groups -OCH3 is 1. The quantitative estimate of drug-likeness (QED) is 0.174. The molecule has 35 heavy (non-hydrogen) atoms. The molecule has 8 heteroatoms. The highest BCUT2D eigenvalue weighted by molar-refractivity contribution is 5.94. The van der Waals surface area contributed by atoms with E-state index >= 15 is 0 Å². The van der Waals surface area contributed by atoms with Crippen LogP contribution in [0.5, 0.6) is 0 Å². The first kappa shape index (κ1) is 36.2. The van der Waals surface area contributed by atoms with Gasteiger partial charge in [0.05, 0.1) is 25.8 Å². The Morgan fingerprint density at radius 3 is 2.29 bits per heavy atom. The highest BCUT2D eigenvalue weighted by Crippen LogP contribution is 2.28. The number of aliphatic imine (C=N–C) groups is 1. The van der Waals surface area contributed by atoms with Crippen LogP contribution in [0.4, 0.5) is 13.2 Å². The topological polar surface area (TPSA) is 63.6 Å². The lowest BCUT2D eigenvalue weighted by Gasteiger charge is -2.10. The second-order valence-corrected chi connectivity index (χ2v) is 5.98. The zero-order chi connectivity index (χ0) is 27.7. The van der Waals surface area contributed by atoms with Gasteiger partial charge in [0.15, 0.2) is 0 Å². The number of alkyl halides is 3. The van der Waals surface area contributed by atoms with Gasteiger partial charge in [-0.15, -0.1) is 12.8 Å². The van der Waals surface area contributed by atoms with Crippen molar-refractivity contribution in [1.82, 2.24) is 10.3 Å². The van der Waals surface area contributed by atoms with Gasteiger partial charge in [-0.1, -0.05) is 65.3 Å². The maximum absolute atomic E-state index is 13.2. The number of halogens is 3. The average molecular weight is 496 g/mol. The molecule has 0 aliphatic carbocycles. The van der Waals surface area contributed by atoms with Gasteiger partial charge >= 0.3 is 6.18 Å². The molecule has 0 spiro atoms. The minimum absolute atomic E-state index is 0.00711. The standard InChI is InChI=1S/C21H26F3N3O2.2C2H6.C2H2/c1-4-6-10-17(21(22,23)24)13-16(9-5-2)14-26-19(29-3)15-27-20(28)18-11-7-8-12-25-18;3*1-2/h5,7-13H,4,6,14-15H2,1-3H3,(H,27,28);2*1-2H3;1-2H/b9-5-,16-13+,17-10+,26-19?;;;. The van der Waals surface area contributed by atoms with Crippen LogP contribution in [0.25, 0.3) is 0 Å². The van der Waals surface area contributed by atoms with Crippen LogP contribution in [-0.4, -0.2) is 43.2 Å². The number of rotatable bonds is 9. The Morgan fingerprint density at radius 2 is 1.83 bits per heavy atom. The summed E-state index contributed by atoms with van der Waals surface area (Å²) in [5, 5.41) is 2.61. The van der Waals surface area contributed by atoms with Gasteiger partial charge in [-0.25, -0.2) is 4.99 Å². The van der Waals surface area contributed by atoms with E-state index in [-0.39, 0.29) is 24.7 Å². The molecule has 0 fully saturated rings. The van der Waals surface area contributed by atoms with Crippen LogP contribution in [0.3, 0.4) is 0 Å². The van der Waals surface area contributed by atoms with Crippen LogP contribution in [0.1, 0.15) is 64.9 Å². The molecule has 1 heterocycles. The highest BCUT2D eigenvalue weighted by atomic mass is 19.4. The molecule has 0 aromatic carbocycles. The summed E-state index contributed by atoms with van der Waals surface area (Å²) in [7, 11) is 1.38. The smallest absolute Gasteiger partial charge is 0.416 e. The van der Waals surface area contributed by atoms with Crippen molar-refractivity contribution in [2.45, 2.75) is 60.6 Å². The predicted molar refractivity (Wildman–Crippen MR) is 140 cm³/mol. The Hall–Kier alpha value is -3.34. The molecule has 1 amide bonds. The van der Waals surface area contributed by atoms with Crippen molar-refractivity contribution < 1.29 is 22.7 Å². The molecule has 1 aromatic heterocycles. The van der Waals surface area contributed by atoms with Gasteiger partial charge < -0.3 is 10.1 Å². The molecule has 0 bridgehead atoms. The van der Waals surface area contributed by atoms with Crippen molar-refractivity contribution >= 4 is 11.8 Å². The molecule has 0 aliphatic rings. The third-order valence-electron chi connectivity index (χ3n) is 3.67. The molecule has 0 aliphatic heterocycles. The molecule has 0 saturated carbocycles. The summed E-state index contributed by atoms with van der Waals surface area (Å²) in [6.07, 6.45) is 11.5. The van der Waals surface area contributed by atoms with E-state index in [0.29, 0.717) is 18.4 Å². The summed E-state index contributed by atoms with van der Waals surface area (Å²) < 4.78 is 44.8. The second kappa shape index (κ2) is 23.8. The van der Waals surface area contributed by atoms with Crippen LogP contribution in [0, 0.1) is 12.8 Å². The van der Waals surface area contributed by atoms with Gasteiger partial charge in [0.1, 0.15) is 5.69 Å². The van der Waals surface area contributed by atoms with Crippen molar-refractivity contribution in [2.24, 2.45) is 4.99 Å². The summed E-state index contributed by atoms with van der Waals surface area (Å²) in [6, 6.07) is 4.94. The number of pyridine rings is 1. The number of nitrogens with one attached hydrogen (secondary N) is 1. The molecular formula is C27H40F3N3O2. The van der Waals surface area contributed by atoms with E-state index in [1.807, 2.05) is 34.6 Å². The molecule has 1 aromatic rings. The first-order valence-electron chi connectivity index (χ1n) is 11.5. The van der Waals surface area contributed by atoms with Crippen molar-refractivity contribution in [3.63, 3.8) is 0 Å². The Morgan fingerprint density at radius 1 is 1.20 bits per heavy atom. The maximum atomic E-state index is 13.2. The van der Waals surface area contributed by atoms with Crippen LogP contribution < -0.4 is 5.32 Å². The summed E-state index contributed by atoms with van der Waals surface area (Å²) >= 11 is 0. The van der Waals surface area contributed by atoms with Gasteiger partial charge in [-0.05, 0) is 37.1 Å². The number of allylic oxidation sites excluding steroid dienone is 4. The van der Waals surface area contributed by atoms with Crippen molar-refractivity contribution in [1.29, 1.82) is 0 Å². The first-order chi connectivity index (χ1) is 16.8.